The van der Waals surface area contributed by atoms with Crippen molar-refractivity contribution in [3.05, 3.63) is 29.8 Å². The Kier molecular flexibility index (Phi) is 4.52. The van der Waals surface area contributed by atoms with E-state index in [9.17, 15) is 18.4 Å². The quantitative estimate of drug-likeness (QED) is 0.841. The van der Waals surface area contributed by atoms with Crippen LogP contribution in [0.4, 0.5) is 8.78 Å². The number of imide groups is 1. The first kappa shape index (κ1) is 15.4. The number of carbonyl (C=O) groups excluding carboxylic acids is 2. The number of likely N-dealkylation sites (N-methyl/N-ethyl adjacent to an activating group) is 1. The Morgan fingerprint density at radius 3 is 2.67 bits per heavy atom. The number of halogens is 2. The lowest BCUT2D eigenvalue weighted by Gasteiger charge is -2.19. The van der Waals surface area contributed by atoms with Crippen molar-refractivity contribution in [1.29, 1.82) is 0 Å². The SMILES string of the molecule is CC(NC1CC(=O)N(C)C1=O)c1cccc(OC(F)F)c1. The molecule has 21 heavy (non-hydrogen) atoms. The summed E-state index contributed by atoms with van der Waals surface area (Å²) in [7, 11) is 1.44. The average Bonchev–Trinajstić information content (AvgIpc) is 2.66. The minimum Gasteiger partial charge on any atom is -0.435 e. The summed E-state index contributed by atoms with van der Waals surface area (Å²) in [5.41, 5.74) is 0.697. The van der Waals surface area contributed by atoms with Gasteiger partial charge in [-0.25, -0.2) is 0 Å². The summed E-state index contributed by atoms with van der Waals surface area (Å²) in [4.78, 5) is 24.3. The highest BCUT2D eigenvalue weighted by Gasteiger charge is 2.36. The second-order valence-corrected chi connectivity index (χ2v) is 4.89. The van der Waals surface area contributed by atoms with Crippen LogP contribution in [0.3, 0.4) is 0 Å². The predicted molar refractivity (Wildman–Crippen MR) is 70.8 cm³/mol. The Labute approximate surface area is 120 Å². The number of hydrogen-bond acceptors (Lipinski definition) is 4. The van der Waals surface area contributed by atoms with E-state index in [-0.39, 0.29) is 30.0 Å². The molecule has 2 amide bonds. The minimum atomic E-state index is -2.88. The van der Waals surface area contributed by atoms with E-state index < -0.39 is 12.7 Å². The Morgan fingerprint density at radius 1 is 1.38 bits per heavy atom. The van der Waals surface area contributed by atoms with Crippen molar-refractivity contribution in [3.63, 3.8) is 0 Å². The highest BCUT2D eigenvalue weighted by Crippen LogP contribution is 2.22. The van der Waals surface area contributed by atoms with Crippen molar-refractivity contribution < 1.29 is 23.1 Å². The predicted octanol–water partition coefficient (Wildman–Crippen LogP) is 1.70. The van der Waals surface area contributed by atoms with E-state index in [1.54, 1.807) is 19.1 Å². The number of benzene rings is 1. The summed E-state index contributed by atoms with van der Waals surface area (Å²) < 4.78 is 28.7. The van der Waals surface area contributed by atoms with Crippen molar-refractivity contribution in [2.24, 2.45) is 0 Å². The van der Waals surface area contributed by atoms with Crippen LogP contribution in [0, 0.1) is 0 Å². The van der Waals surface area contributed by atoms with Crippen LogP contribution < -0.4 is 10.1 Å². The molecule has 0 saturated carbocycles. The van der Waals surface area contributed by atoms with Crippen molar-refractivity contribution in [1.82, 2.24) is 10.2 Å². The molecule has 1 aliphatic heterocycles. The number of likely N-dealkylation sites (tertiary alicyclic amines) is 1. The first-order chi connectivity index (χ1) is 9.88. The molecule has 1 saturated heterocycles. The molecule has 2 atom stereocenters. The molecule has 7 heteroatoms. The number of rotatable bonds is 5. The van der Waals surface area contributed by atoms with Crippen LogP contribution in [-0.4, -0.2) is 36.4 Å². The van der Waals surface area contributed by atoms with Gasteiger partial charge in [0.2, 0.25) is 11.8 Å². The zero-order valence-corrected chi connectivity index (χ0v) is 11.7. The van der Waals surface area contributed by atoms with E-state index in [0.717, 1.165) is 4.90 Å². The van der Waals surface area contributed by atoms with E-state index in [1.807, 2.05) is 0 Å². The summed E-state index contributed by atoms with van der Waals surface area (Å²) in [6, 6.07) is 5.38. The van der Waals surface area contributed by atoms with Crippen molar-refractivity contribution >= 4 is 11.8 Å². The first-order valence-electron chi connectivity index (χ1n) is 6.49. The number of alkyl halides is 2. The molecule has 1 aromatic carbocycles. The second kappa shape index (κ2) is 6.17. The zero-order valence-electron chi connectivity index (χ0n) is 11.7. The maximum atomic E-state index is 12.2. The van der Waals surface area contributed by atoms with Gasteiger partial charge in [-0.15, -0.1) is 0 Å². The number of hydrogen-bond donors (Lipinski definition) is 1. The van der Waals surface area contributed by atoms with Crippen molar-refractivity contribution in [2.45, 2.75) is 32.0 Å². The van der Waals surface area contributed by atoms with Crippen LogP contribution in [0.5, 0.6) is 5.75 Å². The van der Waals surface area contributed by atoms with Gasteiger partial charge in [0.25, 0.3) is 0 Å². The lowest BCUT2D eigenvalue weighted by Crippen LogP contribution is -2.38. The third kappa shape index (κ3) is 3.55. The van der Waals surface area contributed by atoms with Crippen molar-refractivity contribution in [3.8, 4) is 5.75 Å². The van der Waals surface area contributed by atoms with Gasteiger partial charge in [-0.05, 0) is 24.6 Å². The molecule has 0 aliphatic carbocycles. The molecule has 1 heterocycles. The molecule has 1 aliphatic rings. The van der Waals surface area contributed by atoms with Crippen LogP contribution in [0.25, 0.3) is 0 Å². The molecule has 1 aromatic rings. The third-order valence-electron chi connectivity index (χ3n) is 3.42. The number of amides is 2. The molecule has 0 bridgehead atoms. The molecule has 114 valence electrons. The van der Waals surface area contributed by atoms with Gasteiger partial charge in [-0.3, -0.25) is 19.8 Å². The molecular formula is C14H16F2N2O3. The smallest absolute Gasteiger partial charge is 0.387 e. The molecule has 1 N–H and O–H groups in total. The fourth-order valence-corrected chi connectivity index (χ4v) is 2.24. The van der Waals surface area contributed by atoms with Crippen LogP contribution in [0.15, 0.2) is 24.3 Å². The van der Waals surface area contributed by atoms with Gasteiger partial charge in [0, 0.05) is 13.1 Å². The fraction of sp³-hybridized carbons (Fsp3) is 0.429. The van der Waals surface area contributed by atoms with Gasteiger partial charge >= 0.3 is 6.61 Å². The molecule has 2 unspecified atom stereocenters. The maximum absolute atomic E-state index is 12.2. The van der Waals surface area contributed by atoms with Gasteiger partial charge < -0.3 is 4.74 Å². The molecule has 5 nitrogen and oxygen atoms in total. The van der Waals surface area contributed by atoms with Gasteiger partial charge in [0.15, 0.2) is 0 Å². The zero-order chi connectivity index (χ0) is 15.6. The van der Waals surface area contributed by atoms with Crippen LogP contribution in [0.2, 0.25) is 0 Å². The van der Waals surface area contributed by atoms with Gasteiger partial charge in [-0.2, -0.15) is 8.78 Å². The lowest BCUT2D eigenvalue weighted by atomic mass is 10.1. The molecule has 2 rings (SSSR count). The number of nitrogens with zero attached hydrogens (tertiary/aromatic N) is 1. The molecular weight excluding hydrogens is 282 g/mol. The maximum Gasteiger partial charge on any atom is 0.387 e. The van der Waals surface area contributed by atoms with Gasteiger partial charge in [0.1, 0.15) is 5.75 Å². The fourth-order valence-electron chi connectivity index (χ4n) is 2.24. The number of carbonyl (C=O) groups is 2. The van der Waals surface area contributed by atoms with E-state index in [1.165, 1.54) is 19.2 Å². The summed E-state index contributed by atoms with van der Waals surface area (Å²) in [6.45, 7) is -1.09. The van der Waals surface area contributed by atoms with Crippen LogP contribution in [-0.2, 0) is 9.59 Å². The largest absolute Gasteiger partial charge is 0.435 e. The normalized spacial score (nSPS) is 20.2. The highest BCUT2D eigenvalue weighted by molar-refractivity contribution is 6.05. The van der Waals surface area contributed by atoms with Gasteiger partial charge in [-0.1, -0.05) is 12.1 Å². The highest BCUT2D eigenvalue weighted by atomic mass is 19.3. The Bertz CT molecular complexity index is 551. The van der Waals surface area contributed by atoms with E-state index in [4.69, 9.17) is 0 Å². The number of ether oxygens (including phenoxy) is 1. The van der Waals surface area contributed by atoms with Crippen LogP contribution >= 0.6 is 0 Å². The molecule has 0 aromatic heterocycles. The first-order valence-corrected chi connectivity index (χ1v) is 6.49. The summed E-state index contributed by atoms with van der Waals surface area (Å²) in [5.74, 6) is -0.464. The van der Waals surface area contributed by atoms with E-state index in [2.05, 4.69) is 10.1 Å². The molecule has 0 radical (unpaired) electrons. The summed E-state index contributed by atoms with van der Waals surface area (Å²) in [6.07, 6.45) is 0.104. The monoisotopic (exact) mass is 298 g/mol. The van der Waals surface area contributed by atoms with Crippen LogP contribution in [0.1, 0.15) is 24.9 Å². The lowest BCUT2D eigenvalue weighted by molar-refractivity contribution is -0.137. The van der Waals surface area contributed by atoms with E-state index in [0.29, 0.717) is 5.56 Å². The van der Waals surface area contributed by atoms with E-state index >= 15 is 0 Å². The number of nitrogens with one attached hydrogen (secondary N) is 1. The van der Waals surface area contributed by atoms with Gasteiger partial charge in [0.05, 0.1) is 12.5 Å². The van der Waals surface area contributed by atoms with Crippen molar-refractivity contribution in [2.75, 3.05) is 7.05 Å². The molecule has 1 fully saturated rings. The minimum absolute atomic E-state index is 0.0575. The topological polar surface area (TPSA) is 58.6 Å². The summed E-state index contributed by atoms with van der Waals surface area (Å²) in [5, 5.41) is 3.03. The Morgan fingerprint density at radius 2 is 2.10 bits per heavy atom. The standard InChI is InChI=1S/C14H16F2N2O3/c1-8(17-11-7-12(19)18(2)13(11)20)9-4-3-5-10(6-9)21-14(15)16/h3-6,8,11,14,17H,7H2,1-2H3. The molecule has 0 spiro atoms. The summed E-state index contributed by atoms with van der Waals surface area (Å²) >= 11 is 0. The third-order valence-corrected chi connectivity index (χ3v) is 3.42. The second-order valence-electron chi connectivity index (χ2n) is 4.89. The Hall–Kier alpha value is -2.02. The Balaban J connectivity index is 2.05. The average molecular weight is 298 g/mol.